The zero-order chi connectivity index (χ0) is 14.4. The van der Waals surface area contributed by atoms with Crippen LogP contribution in [0.25, 0.3) is 0 Å². The minimum Gasteiger partial charge on any atom is -0.312 e. The van der Waals surface area contributed by atoms with E-state index in [1.165, 1.54) is 23.0 Å². The van der Waals surface area contributed by atoms with E-state index < -0.39 is 5.69 Å². The monoisotopic (exact) mass is 291 g/mol. The number of nitrogens with zero attached hydrogens (tertiary/aromatic N) is 2. The number of carbonyl (C=O) groups excluding carboxylic acids is 1. The van der Waals surface area contributed by atoms with Gasteiger partial charge in [-0.2, -0.15) is 11.3 Å². The van der Waals surface area contributed by atoms with Crippen LogP contribution >= 0.6 is 11.3 Å². The number of hydrogen-bond donors (Lipinski definition) is 1. The number of fused-ring (bicyclic) bond motifs is 1. The standard InChI is InChI=1S/C13H13N3O3S/c1-15-11-10(12(18)16(2)13(15)19)8(5-9(17)14-11)7-3-4-20-6-7/h3-4,6,8H,5H2,1-2H3,(H,14,17)/t8-/m1/s1. The van der Waals surface area contributed by atoms with Gasteiger partial charge in [0.1, 0.15) is 5.82 Å². The third-order valence-corrected chi connectivity index (χ3v) is 4.34. The third kappa shape index (κ3) is 1.74. The maximum atomic E-state index is 12.4. The lowest BCUT2D eigenvalue weighted by Gasteiger charge is -2.26. The van der Waals surface area contributed by atoms with Gasteiger partial charge in [0.15, 0.2) is 0 Å². The second-order valence-electron chi connectivity index (χ2n) is 4.83. The van der Waals surface area contributed by atoms with Crippen molar-refractivity contribution in [1.29, 1.82) is 0 Å². The van der Waals surface area contributed by atoms with Gasteiger partial charge in [0, 0.05) is 26.4 Å². The van der Waals surface area contributed by atoms with Crippen LogP contribution in [0.5, 0.6) is 0 Å². The van der Waals surface area contributed by atoms with Crippen molar-refractivity contribution in [2.24, 2.45) is 14.1 Å². The third-order valence-electron chi connectivity index (χ3n) is 3.64. The van der Waals surface area contributed by atoms with Gasteiger partial charge in [-0.25, -0.2) is 4.79 Å². The quantitative estimate of drug-likeness (QED) is 0.837. The molecule has 2 aromatic heterocycles. The molecule has 2 aromatic rings. The number of thiophene rings is 1. The van der Waals surface area contributed by atoms with Gasteiger partial charge < -0.3 is 5.32 Å². The molecule has 1 atom stereocenters. The van der Waals surface area contributed by atoms with Gasteiger partial charge in [0.25, 0.3) is 5.56 Å². The highest BCUT2D eigenvalue weighted by atomic mass is 32.1. The first-order valence-electron chi connectivity index (χ1n) is 6.12. The molecule has 0 spiro atoms. The Balaban J connectivity index is 2.35. The number of aromatic nitrogens is 2. The first-order chi connectivity index (χ1) is 9.50. The molecule has 6 nitrogen and oxygen atoms in total. The summed E-state index contributed by atoms with van der Waals surface area (Å²) in [4.78, 5) is 36.2. The van der Waals surface area contributed by atoms with Crippen molar-refractivity contribution in [3.63, 3.8) is 0 Å². The van der Waals surface area contributed by atoms with Crippen LogP contribution in [0.4, 0.5) is 5.82 Å². The minimum absolute atomic E-state index is 0.183. The number of carbonyl (C=O) groups is 1. The van der Waals surface area contributed by atoms with Crippen molar-refractivity contribution >= 4 is 23.1 Å². The van der Waals surface area contributed by atoms with Crippen LogP contribution < -0.4 is 16.6 Å². The Morgan fingerprint density at radius 2 is 2.00 bits per heavy atom. The van der Waals surface area contributed by atoms with Crippen molar-refractivity contribution in [3.8, 4) is 0 Å². The van der Waals surface area contributed by atoms with Crippen LogP contribution in [-0.4, -0.2) is 15.0 Å². The van der Waals surface area contributed by atoms with Crippen molar-refractivity contribution in [1.82, 2.24) is 9.13 Å². The highest BCUT2D eigenvalue weighted by molar-refractivity contribution is 7.08. The van der Waals surface area contributed by atoms with Gasteiger partial charge in [0.2, 0.25) is 5.91 Å². The Bertz CT molecular complexity index is 801. The number of amides is 1. The molecule has 1 N–H and O–H groups in total. The normalized spacial score (nSPS) is 17.7. The Kier molecular flexibility index (Phi) is 2.86. The zero-order valence-corrected chi connectivity index (χ0v) is 11.9. The molecular weight excluding hydrogens is 278 g/mol. The lowest BCUT2D eigenvalue weighted by molar-refractivity contribution is -0.116. The molecule has 20 heavy (non-hydrogen) atoms. The SMILES string of the molecule is Cn1c2c(c(=O)n(C)c1=O)[C@@H](c1ccsc1)CC(=O)N2. The summed E-state index contributed by atoms with van der Waals surface area (Å²) in [6, 6.07) is 1.91. The molecule has 3 heterocycles. The summed E-state index contributed by atoms with van der Waals surface area (Å²) in [6.45, 7) is 0. The van der Waals surface area contributed by atoms with E-state index in [0.717, 1.165) is 10.1 Å². The molecule has 0 fully saturated rings. The largest absolute Gasteiger partial charge is 0.332 e. The van der Waals surface area contributed by atoms with Crippen molar-refractivity contribution in [2.75, 3.05) is 5.32 Å². The summed E-state index contributed by atoms with van der Waals surface area (Å²) in [5.74, 6) is -0.169. The van der Waals surface area contributed by atoms with E-state index in [0.29, 0.717) is 11.4 Å². The lowest BCUT2D eigenvalue weighted by atomic mass is 9.88. The van der Waals surface area contributed by atoms with Crippen molar-refractivity contribution < 1.29 is 4.79 Å². The fraction of sp³-hybridized carbons (Fsp3) is 0.308. The van der Waals surface area contributed by atoms with Gasteiger partial charge >= 0.3 is 5.69 Å². The molecule has 1 amide bonds. The highest BCUT2D eigenvalue weighted by Crippen LogP contribution is 2.34. The van der Waals surface area contributed by atoms with Crippen LogP contribution in [0.1, 0.15) is 23.5 Å². The topological polar surface area (TPSA) is 73.1 Å². The number of rotatable bonds is 1. The van der Waals surface area contributed by atoms with E-state index in [1.807, 2.05) is 16.8 Å². The average molecular weight is 291 g/mol. The van der Waals surface area contributed by atoms with E-state index >= 15 is 0 Å². The minimum atomic E-state index is -0.444. The summed E-state index contributed by atoms with van der Waals surface area (Å²) in [5.41, 5.74) is 0.619. The molecular formula is C13H13N3O3S. The molecule has 0 saturated heterocycles. The number of nitrogens with one attached hydrogen (secondary N) is 1. The molecule has 1 aliphatic heterocycles. The second-order valence-corrected chi connectivity index (χ2v) is 5.61. The van der Waals surface area contributed by atoms with Gasteiger partial charge in [-0.3, -0.25) is 18.7 Å². The molecule has 7 heteroatoms. The maximum Gasteiger partial charge on any atom is 0.332 e. The van der Waals surface area contributed by atoms with Crippen LogP contribution in [0, 0.1) is 0 Å². The molecule has 0 aromatic carbocycles. The fourth-order valence-electron chi connectivity index (χ4n) is 2.56. The Labute approximate surface area is 118 Å². The van der Waals surface area contributed by atoms with Gasteiger partial charge in [-0.15, -0.1) is 0 Å². The van der Waals surface area contributed by atoms with Crippen LogP contribution in [0.3, 0.4) is 0 Å². The number of hydrogen-bond acceptors (Lipinski definition) is 4. The van der Waals surface area contributed by atoms with Crippen LogP contribution in [0.2, 0.25) is 0 Å². The van der Waals surface area contributed by atoms with E-state index in [-0.39, 0.29) is 23.8 Å². The zero-order valence-electron chi connectivity index (χ0n) is 11.0. The van der Waals surface area contributed by atoms with Gasteiger partial charge in [-0.05, 0) is 22.4 Å². The van der Waals surface area contributed by atoms with E-state index in [9.17, 15) is 14.4 Å². The summed E-state index contributed by atoms with van der Waals surface area (Å²) < 4.78 is 2.39. The maximum absolute atomic E-state index is 12.4. The average Bonchev–Trinajstić information content (AvgIpc) is 2.95. The molecule has 3 rings (SSSR count). The summed E-state index contributed by atoms with van der Waals surface area (Å²) >= 11 is 1.52. The fourth-order valence-corrected chi connectivity index (χ4v) is 3.28. The molecule has 104 valence electrons. The van der Waals surface area contributed by atoms with Crippen LogP contribution in [-0.2, 0) is 18.9 Å². The van der Waals surface area contributed by atoms with E-state index in [2.05, 4.69) is 5.32 Å². The lowest BCUT2D eigenvalue weighted by Crippen LogP contribution is -2.44. The summed E-state index contributed by atoms with van der Waals surface area (Å²) in [7, 11) is 3.00. The Hall–Kier alpha value is -2.15. The second kappa shape index (κ2) is 4.45. The molecule has 0 radical (unpaired) electrons. The Morgan fingerprint density at radius 3 is 2.65 bits per heavy atom. The predicted molar refractivity (Wildman–Crippen MR) is 76.3 cm³/mol. The molecule has 0 bridgehead atoms. The van der Waals surface area contributed by atoms with Crippen molar-refractivity contribution in [2.45, 2.75) is 12.3 Å². The number of anilines is 1. The molecule has 1 aliphatic rings. The van der Waals surface area contributed by atoms with Gasteiger partial charge in [0.05, 0.1) is 5.56 Å². The van der Waals surface area contributed by atoms with E-state index in [1.54, 1.807) is 7.05 Å². The summed E-state index contributed by atoms with van der Waals surface area (Å²) in [5, 5.41) is 6.48. The highest BCUT2D eigenvalue weighted by Gasteiger charge is 2.32. The predicted octanol–water partition coefficient (Wildman–Crippen LogP) is 0.620. The van der Waals surface area contributed by atoms with E-state index in [4.69, 9.17) is 0 Å². The first kappa shape index (κ1) is 12.9. The van der Waals surface area contributed by atoms with Gasteiger partial charge in [-0.1, -0.05) is 0 Å². The van der Waals surface area contributed by atoms with Crippen molar-refractivity contribution in [3.05, 3.63) is 48.8 Å². The van der Waals surface area contributed by atoms with Crippen LogP contribution in [0.15, 0.2) is 26.4 Å². The first-order valence-corrected chi connectivity index (χ1v) is 7.07. The molecule has 0 unspecified atom stereocenters. The molecule has 0 saturated carbocycles. The smallest absolute Gasteiger partial charge is 0.312 e. The summed E-state index contributed by atoms with van der Waals surface area (Å²) in [6.07, 6.45) is 0.219. The Morgan fingerprint density at radius 1 is 1.25 bits per heavy atom. The molecule has 0 aliphatic carbocycles.